The first-order valence-corrected chi connectivity index (χ1v) is 8.49. The van der Waals surface area contributed by atoms with E-state index in [0.717, 1.165) is 6.42 Å². The van der Waals surface area contributed by atoms with Crippen LogP contribution in [0.3, 0.4) is 0 Å². The van der Waals surface area contributed by atoms with Crippen molar-refractivity contribution in [3.8, 4) is 0 Å². The Bertz CT molecular complexity index is 282. The Balaban J connectivity index is 3.17. The molecule has 0 aromatic rings. The highest BCUT2D eigenvalue weighted by Crippen LogP contribution is 2.11. The van der Waals surface area contributed by atoms with Crippen molar-refractivity contribution in [2.24, 2.45) is 0 Å². The van der Waals surface area contributed by atoms with Crippen molar-refractivity contribution in [2.75, 3.05) is 0 Å². The molecular formula is C18H32O3. The minimum absolute atomic E-state index is 0.741. The first-order valence-electron chi connectivity index (χ1n) is 8.49. The van der Waals surface area contributed by atoms with Crippen LogP contribution >= 0.6 is 0 Å². The van der Waals surface area contributed by atoms with E-state index in [9.17, 15) is 4.79 Å². The van der Waals surface area contributed by atoms with Gasteiger partial charge in [0.2, 0.25) is 0 Å². The van der Waals surface area contributed by atoms with Crippen molar-refractivity contribution < 1.29 is 14.9 Å². The maximum atomic E-state index is 10.6. The van der Waals surface area contributed by atoms with Crippen LogP contribution in [0.4, 0.5) is 0 Å². The second-order valence-electron chi connectivity index (χ2n) is 5.52. The molecule has 0 aromatic carbocycles. The van der Waals surface area contributed by atoms with Crippen LogP contribution in [0.2, 0.25) is 0 Å². The van der Waals surface area contributed by atoms with Gasteiger partial charge in [0.05, 0.1) is 0 Å². The van der Waals surface area contributed by atoms with Crippen LogP contribution in [0.5, 0.6) is 0 Å². The third-order valence-electron chi connectivity index (χ3n) is 3.54. The molecule has 0 aliphatic heterocycles. The van der Waals surface area contributed by atoms with Crippen LogP contribution in [0.1, 0.15) is 84.0 Å². The first-order chi connectivity index (χ1) is 10.3. The number of unbranched alkanes of at least 4 members (excludes halogenated alkanes) is 11. The van der Waals surface area contributed by atoms with Gasteiger partial charge in [-0.05, 0) is 12.8 Å². The summed E-state index contributed by atoms with van der Waals surface area (Å²) in [6, 6.07) is 0. The molecule has 0 aromatic heterocycles. The lowest BCUT2D eigenvalue weighted by Gasteiger charge is -2.01. The first kappa shape index (κ1) is 19.9. The highest BCUT2D eigenvalue weighted by molar-refractivity contribution is 5.81. The maximum Gasteiger partial charge on any atom is 0.365 e. The average Bonchev–Trinajstić information content (AvgIpc) is 2.50. The lowest BCUT2D eigenvalue weighted by Crippen LogP contribution is -1.93. The number of allylic oxidation sites excluding steroid dienone is 3. The smallest absolute Gasteiger partial charge is 0.296 e. The van der Waals surface area contributed by atoms with E-state index in [4.69, 9.17) is 5.26 Å². The molecule has 0 unspecified atom stereocenters. The molecule has 0 heterocycles. The predicted octanol–water partition coefficient (Wildman–Crippen LogP) is 5.82. The highest BCUT2D eigenvalue weighted by atomic mass is 17.1. The van der Waals surface area contributed by atoms with E-state index in [1.807, 2.05) is 12.2 Å². The summed E-state index contributed by atoms with van der Waals surface area (Å²) in [5.74, 6) is -0.741. The van der Waals surface area contributed by atoms with E-state index in [1.54, 1.807) is 6.08 Å². The molecular weight excluding hydrogens is 264 g/mol. The molecule has 0 rings (SSSR count). The Morgan fingerprint density at radius 3 is 1.90 bits per heavy atom. The molecule has 0 aliphatic rings. The number of carbonyl (C=O) groups excluding carboxylic acids is 1. The average molecular weight is 296 g/mol. The van der Waals surface area contributed by atoms with Crippen LogP contribution in [0.25, 0.3) is 0 Å². The summed E-state index contributed by atoms with van der Waals surface area (Å²) in [5.41, 5.74) is 0. The van der Waals surface area contributed by atoms with Gasteiger partial charge in [-0.2, -0.15) is 5.26 Å². The van der Waals surface area contributed by atoms with Crippen molar-refractivity contribution in [1.82, 2.24) is 0 Å². The molecule has 3 heteroatoms. The third kappa shape index (κ3) is 16.9. The quantitative estimate of drug-likeness (QED) is 0.144. The molecule has 0 spiro atoms. The molecule has 0 radical (unpaired) electrons. The zero-order chi connectivity index (χ0) is 15.6. The van der Waals surface area contributed by atoms with Gasteiger partial charge >= 0.3 is 5.97 Å². The van der Waals surface area contributed by atoms with Gasteiger partial charge in [0.15, 0.2) is 0 Å². The maximum absolute atomic E-state index is 10.6. The van der Waals surface area contributed by atoms with Gasteiger partial charge in [-0.15, -0.1) is 0 Å². The van der Waals surface area contributed by atoms with Crippen molar-refractivity contribution in [1.29, 1.82) is 0 Å². The minimum Gasteiger partial charge on any atom is -0.296 e. The van der Waals surface area contributed by atoms with Gasteiger partial charge in [0.25, 0.3) is 0 Å². The highest BCUT2D eigenvalue weighted by Gasteiger charge is 1.92. The van der Waals surface area contributed by atoms with E-state index < -0.39 is 5.97 Å². The fourth-order valence-corrected chi connectivity index (χ4v) is 2.27. The molecule has 0 saturated carbocycles. The Hall–Kier alpha value is -1.09. The molecule has 0 atom stereocenters. The Morgan fingerprint density at radius 2 is 1.38 bits per heavy atom. The molecule has 21 heavy (non-hydrogen) atoms. The topological polar surface area (TPSA) is 46.5 Å². The number of carbonyl (C=O) groups is 1. The largest absolute Gasteiger partial charge is 0.365 e. The van der Waals surface area contributed by atoms with Gasteiger partial charge < -0.3 is 0 Å². The third-order valence-corrected chi connectivity index (χ3v) is 3.54. The summed E-state index contributed by atoms with van der Waals surface area (Å²) in [7, 11) is 0. The fourth-order valence-electron chi connectivity index (χ4n) is 2.27. The standard InChI is InChI=1S/C18H32O3/c1-2-3-4-5-6-7-8-9-10-11-12-13-14-15-16-17-18(19)21-20/h14-17,20H,2-13H2,1H3. The Labute approximate surface area is 130 Å². The van der Waals surface area contributed by atoms with Gasteiger partial charge in [-0.3, -0.25) is 4.89 Å². The van der Waals surface area contributed by atoms with Gasteiger partial charge in [0, 0.05) is 6.08 Å². The summed E-state index contributed by atoms with van der Waals surface area (Å²) in [4.78, 5) is 14.1. The molecule has 0 fully saturated rings. The molecule has 0 amide bonds. The summed E-state index contributed by atoms with van der Waals surface area (Å²) in [6.07, 6.45) is 22.6. The van der Waals surface area contributed by atoms with Crippen molar-refractivity contribution in [2.45, 2.75) is 84.0 Å². The molecule has 0 aliphatic carbocycles. The molecule has 0 bridgehead atoms. The molecule has 3 nitrogen and oxygen atoms in total. The monoisotopic (exact) mass is 296 g/mol. The Kier molecular flexibility index (Phi) is 16.1. The van der Waals surface area contributed by atoms with Crippen molar-refractivity contribution in [3.63, 3.8) is 0 Å². The lowest BCUT2D eigenvalue weighted by molar-refractivity contribution is -0.228. The number of hydrogen-bond donors (Lipinski definition) is 1. The van der Waals surface area contributed by atoms with E-state index in [2.05, 4.69) is 11.8 Å². The van der Waals surface area contributed by atoms with Crippen LogP contribution in [0, 0.1) is 0 Å². The van der Waals surface area contributed by atoms with Gasteiger partial charge in [-0.25, -0.2) is 4.79 Å². The summed E-state index contributed by atoms with van der Waals surface area (Å²) >= 11 is 0. The zero-order valence-corrected chi connectivity index (χ0v) is 13.6. The number of hydrogen-bond acceptors (Lipinski definition) is 3. The summed E-state index contributed by atoms with van der Waals surface area (Å²) in [6.45, 7) is 2.26. The predicted molar refractivity (Wildman–Crippen MR) is 88.1 cm³/mol. The van der Waals surface area contributed by atoms with Crippen molar-refractivity contribution >= 4 is 5.97 Å². The second kappa shape index (κ2) is 17.0. The second-order valence-corrected chi connectivity index (χ2v) is 5.52. The van der Waals surface area contributed by atoms with Crippen LogP contribution in [0.15, 0.2) is 24.3 Å². The van der Waals surface area contributed by atoms with Crippen LogP contribution in [-0.2, 0) is 9.68 Å². The van der Waals surface area contributed by atoms with Gasteiger partial charge in [0.1, 0.15) is 0 Å². The van der Waals surface area contributed by atoms with Crippen molar-refractivity contribution in [3.05, 3.63) is 24.3 Å². The Morgan fingerprint density at radius 1 is 0.857 bits per heavy atom. The van der Waals surface area contributed by atoms with E-state index in [0.29, 0.717) is 0 Å². The number of rotatable bonds is 14. The summed E-state index contributed by atoms with van der Waals surface area (Å²) in [5, 5.41) is 8.03. The lowest BCUT2D eigenvalue weighted by atomic mass is 10.1. The SMILES string of the molecule is CCCCCCCCCCCCCC=CC=CC(=O)OO. The van der Waals surface area contributed by atoms with Crippen LogP contribution in [-0.4, -0.2) is 11.2 Å². The fraction of sp³-hybridized carbons (Fsp3) is 0.722. The zero-order valence-electron chi connectivity index (χ0n) is 13.6. The van der Waals surface area contributed by atoms with E-state index in [1.165, 1.54) is 76.7 Å². The normalized spacial score (nSPS) is 11.5. The molecule has 0 saturated heterocycles. The minimum atomic E-state index is -0.741. The van der Waals surface area contributed by atoms with Gasteiger partial charge in [-0.1, -0.05) is 89.4 Å². The molecule has 1 N–H and O–H groups in total. The summed E-state index contributed by atoms with van der Waals surface area (Å²) < 4.78 is 0. The van der Waals surface area contributed by atoms with E-state index >= 15 is 0 Å². The van der Waals surface area contributed by atoms with E-state index in [-0.39, 0.29) is 0 Å². The molecule has 122 valence electrons. The van der Waals surface area contributed by atoms with Crippen LogP contribution < -0.4 is 0 Å².